The fraction of sp³-hybridized carbons (Fsp3) is 0.0952. The molecule has 0 aliphatic carbocycles. The minimum absolute atomic E-state index is 0.0715. The van der Waals surface area contributed by atoms with Crippen LogP contribution in [0.1, 0.15) is 51.8 Å². The van der Waals surface area contributed by atoms with E-state index >= 15 is 0 Å². The van der Waals surface area contributed by atoms with Gasteiger partial charge in [-0.15, -0.1) is 0 Å². The van der Waals surface area contributed by atoms with Crippen LogP contribution in [0.5, 0.6) is 0 Å². The van der Waals surface area contributed by atoms with Gasteiger partial charge < -0.3 is 55.9 Å². The van der Waals surface area contributed by atoms with Crippen LogP contribution < -0.4 is 16.4 Å². The van der Waals surface area contributed by atoms with Gasteiger partial charge in [0.05, 0.1) is 65.2 Å². The first-order valence-corrected chi connectivity index (χ1v) is 39.0. The predicted octanol–water partition coefficient (Wildman–Crippen LogP) is 19.5. The molecule has 0 saturated carbocycles. The van der Waals surface area contributed by atoms with E-state index in [1.807, 2.05) is 119 Å². The van der Waals surface area contributed by atoms with Crippen molar-refractivity contribution < 1.29 is 72.8 Å². The van der Waals surface area contributed by atoms with Crippen LogP contribution in [-0.4, -0.2) is 149 Å². The third-order valence-corrected chi connectivity index (χ3v) is 19.5. The Labute approximate surface area is 706 Å². The number of carbonyl (C=O) groups is 5. The number of carboxylic acids is 4. The van der Waals surface area contributed by atoms with Crippen molar-refractivity contribution in [1.82, 2.24) is 38.9 Å². The van der Waals surface area contributed by atoms with Gasteiger partial charge in [0.15, 0.2) is 0 Å². The van der Waals surface area contributed by atoms with Crippen molar-refractivity contribution in [2.75, 3.05) is 59.6 Å². The highest BCUT2D eigenvalue weighted by Crippen LogP contribution is 2.33. The molecule has 0 aliphatic rings. The summed E-state index contributed by atoms with van der Waals surface area (Å²) in [5, 5.41) is 70.8. The van der Waals surface area contributed by atoms with Crippen LogP contribution in [0, 0.1) is 26.0 Å². The van der Waals surface area contributed by atoms with Crippen LogP contribution in [0.2, 0.25) is 0 Å². The van der Waals surface area contributed by atoms with E-state index in [1.165, 1.54) is 50.2 Å². The van der Waals surface area contributed by atoms with E-state index in [0.29, 0.717) is 34.9 Å². The fourth-order valence-corrected chi connectivity index (χ4v) is 13.5. The minimum Gasteiger partial charge on any atom is -0.478 e. The Morgan fingerprint density at radius 3 is 1.29 bits per heavy atom. The smallest absolute Gasteiger partial charge is 0.335 e. The van der Waals surface area contributed by atoms with Crippen molar-refractivity contribution in [3.8, 4) is 39.3 Å². The number of amides is 1. The van der Waals surface area contributed by atoms with Crippen LogP contribution in [0.4, 0.5) is 32.8 Å². The van der Waals surface area contributed by atoms with E-state index in [1.54, 1.807) is 89.9 Å². The summed E-state index contributed by atoms with van der Waals surface area (Å²) in [7, 11) is 8.50. The largest absolute Gasteiger partial charge is 0.478 e. The number of anilines is 3. The zero-order valence-electron chi connectivity index (χ0n) is 63.0. The van der Waals surface area contributed by atoms with Crippen LogP contribution in [0.3, 0.4) is 0 Å². The number of ether oxygens (including phenoxy) is 3. The SMILES string of the molecule is CN(C)CCNC(=O)c1ccc2c(c1)ncn2-c1cccc(-c2ccsc2)c1.COC(OC)OC.Nc1cccc(Br)c1.O=C(O)c1ccc(F)c([N+](=O)[O-])c1.O=C(O)c1ccc(Nc2cccc(Br)c2)c([N+](=O)[O-])c1.O=C(O)c1ccc2c(c1)ncn2-c1cccc(-c2ccsc2)c1.O=C(O)c1ccc2c(c1)ncn2-c1cccc(Br)c1. The quantitative estimate of drug-likeness (QED) is 0.0161. The maximum atomic E-state index is 12.6. The lowest BCUT2D eigenvalue weighted by Crippen LogP contribution is -2.31. The van der Waals surface area contributed by atoms with Crippen molar-refractivity contribution in [2.45, 2.75) is 6.48 Å². The maximum Gasteiger partial charge on any atom is 0.335 e. The molecule has 0 atom stereocenters. The Kier molecular flexibility index (Phi) is 32.5. The molecule has 0 aliphatic heterocycles. The number of aromatic nitrogens is 6. The number of halogens is 4. The molecule has 0 radical (unpaired) electrons. The number of fused-ring (bicyclic) bond motifs is 3. The molecular formula is C84H72Br3FN12O16S2. The molecule has 118 heavy (non-hydrogen) atoms. The number of methoxy groups -OCH3 is 3. The number of carboxylic acid groups (broad SMARTS) is 4. The maximum absolute atomic E-state index is 12.6. The van der Waals surface area contributed by atoms with Gasteiger partial charge in [0.2, 0.25) is 5.82 Å². The highest BCUT2D eigenvalue weighted by atomic mass is 79.9. The lowest BCUT2D eigenvalue weighted by Gasteiger charge is -2.10. The Bertz CT molecular complexity index is 6000. The molecule has 0 fully saturated rings. The fourth-order valence-electron chi connectivity index (χ4n) is 10.9. The van der Waals surface area contributed by atoms with Crippen LogP contribution in [0.15, 0.2) is 278 Å². The van der Waals surface area contributed by atoms with Gasteiger partial charge in [-0.25, -0.2) is 34.1 Å². The summed E-state index contributed by atoms with van der Waals surface area (Å²) >= 11 is 13.4. The lowest BCUT2D eigenvalue weighted by atomic mass is 10.1. The van der Waals surface area contributed by atoms with E-state index in [-0.39, 0.29) is 39.5 Å². The van der Waals surface area contributed by atoms with Crippen molar-refractivity contribution in [2.24, 2.45) is 0 Å². The second kappa shape index (κ2) is 43.1. The number of hydrogen-bond donors (Lipinski definition) is 7. The summed E-state index contributed by atoms with van der Waals surface area (Å²) in [6.45, 7) is 0.913. The van der Waals surface area contributed by atoms with Gasteiger partial charge >= 0.3 is 29.6 Å². The van der Waals surface area contributed by atoms with Gasteiger partial charge in [-0.3, -0.25) is 38.7 Å². The highest BCUT2D eigenvalue weighted by Gasteiger charge is 2.20. The minimum atomic E-state index is -1.33. The molecule has 0 saturated heterocycles. The molecule has 5 heterocycles. The van der Waals surface area contributed by atoms with E-state index in [4.69, 9.17) is 26.2 Å². The lowest BCUT2D eigenvalue weighted by molar-refractivity contribution is -0.387. The molecule has 28 nitrogen and oxygen atoms in total. The molecule has 0 spiro atoms. The molecule has 15 aromatic rings. The summed E-state index contributed by atoms with van der Waals surface area (Å²) in [5.74, 6) is -5.54. The van der Waals surface area contributed by atoms with Crippen molar-refractivity contribution in [1.29, 1.82) is 0 Å². The number of nitrogens with two attached hydrogens (primary N) is 1. The van der Waals surface area contributed by atoms with Crippen molar-refractivity contribution in [3.63, 3.8) is 0 Å². The molecule has 0 bridgehead atoms. The number of carbonyl (C=O) groups excluding carboxylic acids is 1. The van der Waals surface area contributed by atoms with Crippen molar-refractivity contribution in [3.05, 3.63) is 332 Å². The zero-order valence-corrected chi connectivity index (χ0v) is 69.4. The van der Waals surface area contributed by atoms with Gasteiger partial charge in [0.1, 0.15) is 24.7 Å². The second-order valence-corrected chi connectivity index (χ2v) is 29.2. The summed E-state index contributed by atoms with van der Waals surface area (Å²) in [6, 6.07) is 65.0. The van der Waals surface area contributed by atoms with Gasteiger partial charge in [-0.1, -0.05) is 90.3 Å². The number of nitrogens with zero attached hydrogens (tertiary/aromatic N) is 9. The number of likely N-dealkylation sites (N-methyl/N-ethyl adjacent to an activating group) is 1. The molecular weight excluding hydrogens is 1760 g/mol. The van der Waals surface area contributed by atoms with Crippen LogP contribution in [0.25, 0.3) is 72.4 Å². The summed E-state index contributed by atoms with van der Waals surface area (Å²) in [4.78, 5) is 90.3. The first kappa shape index (κ1) is 88.9. The Balaban J connectivity index is 0.000000163. The Hall–Kier alpha value is -13.0. The topological polar surface area (TPSA) is 387 Å². The molecule has 10 aromatic carbocycles. The average Bonchev–Trinajstić information content (AvgIpc) is 1.66. The van der Waals surface area contributed by atoms with E-state index < -0.39 is 51.7 Å². The Morgan fingerprint density at radius 1 is 0.492 bits per heavy atom. The summed E-state index contributed by atoms with van der Waals surface area (Å²) < 4.78 is 35.2. The number of nitrogens with one attached hydrogen (secondary N) is 2. The van der Waals surface area contributed by atoms with Crippen LogP contribution in [-0.2, 0) is 14.2 Å². The van der Waals surface area contributed by atoms with E-state index in [0.717, 1.165) is 88.5 Å². The van der Waals surface area contributed by atoms with Gasteiger partial charge in [-0.2, -0.15) is 27.1 Å². The van der Waals surface area contributed by atoms with E-state index in [9.17, 15) is 48.6 Å². The first-order chi connectivity index (χ1) is 56.6. The molecule has 15 rings (SSSR count). The van der Waals surface area contributed by atoms with Gasteiger partial charge in [0.25, 0.3) is 18.1 Å². The number of benzene rings is 10. The summed E-state index contributed by atoms with van der Waals surface area (Å²) in [6.07, 6.45) is 5.23. The monoisotopic (exact) mass is 1820 g/mol. The number of nitrogen functional groups attached to an aromatic ring is 1. The predicted molar refractivity (Wildman–Crippen MR) is 463 cm³/mol. The zero-order chi connectivity index (χ0) is 85.1. The van der Waals surface area contributed by atoms with Crippen LogP contribution >= 0.6 is 70.5 Å². The van der Waals surface area contributed by atoms with E-state index in [2.05, 4.69) is 162 Å². The Morgan fingerprint density at radius 2 is 0.890 bits per heavy atom. The van der Waals surface area contributed by atoms with Gasteiger partial charge in [0, 0.05) is 94.0 Å². The number of aromatic carboxylic acids is 4. The molecule has 1 amide bonds. The number of nitro groups is 2. The number of hydrogen-bond acceptors (Lipinski definition) is 20. The molecule has 34 heteroatoms. The number of nitro benzene ring substituents is 2. The third-order valence-electron chi connectivity index (χ3n) is 16.6. The number of rotatable bonds is 20. The normalized spacial score (nSPS) is 10.5. The second-order valence-electron chi connectivity index (χ2n) is 24.9. The molecule has 8 N–H and O–H groups in total. The number of imidazole rings is 3. The molecule has 5 aromatic heterocycles. The molecule has 0 unspecified atom stereocenters. The standard InChI is InChI=1S/C22H22N4OS.C18H12N2O2S.C14H9BrN2O2.C13H9BrN2O4.C7H4FNO4.C6H6BrN.C4H10O3/c1-25(2)10-9-23-22(27)17-6-7-21-20(13-17)24-15-26(21)19-5-3-4-16(12-19)18-8-11-28-14-18;21-18(22)13-4-5-17-16(9-13)19-11-20(17)15-3-1-2-12(8-15)14-6-7-23-10-14;15-10-2-1-3-11(7-10)17-8-16-12-6-9(14(18)19)4-5-13(12)17;14-9-2-1-3-10(7-9)15-11-5-4-8(13(17)18)6-12(11)16(19)20;8-5-2-1-4(7(10)11)3-6(5)9(12)13;7-5-2-1-3-6(8)4-5;1-5-4(6-2)7-3/h3-8,11-15H,9-10H2,1-2H3,(H,23,27);1-11H,(H,21,22);1-8H,(H,18,19);1-7,15H,(H,17,18);1-3H,(H,10,11);1-4H,8H2;4H,1-3H3. The van der Waals surface area contributed by atoms with Crippen molar-refractivity contribution >= 4 is 162 Å². The average molecular weight is 1830 g/mol. The summed E-state index contributed by atoms with van der Waals surface area (Å²) in [5.41, 5.74) is 19.3. The highest BCUT2D eigenvalue weighted by molar-refractivity contribution is 9.11. The number of thiophene rings is 2. The molecule has 604 valence electrons. The van der Waals surface area contributed by atoms with Gasteiger partial charge in [-0.05, 0) is 228 Å². The third kappa shape index (κ3) is 25.0. The first-order valence-electron chi connectivity index (χ1n) is 34.8.